The Balaban J connectivity index is 1.24. The Bertz CT molecular complexity index is 2120. The number of amides is 4. The van der Waals surface area contributed by atoms with E-state index in [-0.39, 0.29) is 29.6 Å². The van der Waals surface area contributed by atoms with E-state index in [1.807, 2.05) is 47.4 Å². The Morgan fingerprint density at radius 1 is 0.640 bits per heavy atom. The van der Waals surface area contributed by atoms with Crippen LogP contribution in [0.15, 0.2) is 115 Å². The van der Waals surface area contributed by atoms with E-state index < -0.39 is 59.1 Å². The minimum atomic E-state index is -1.85. The number of esters is 1. The van der Waals surface area contributed by atoms with Crippen molar-refractivity contribution in [3.8, 4) is 0 Å². The van der Waals surface area contributed by atoms with Gasteiger partial charge in [-0.15, -0.1) is 0 Å². The van der Waals surface area contributed by atoms with E-state index in [1.165, 1.54) is 16.9 Å². The molecule has 50 heavy (non-hydrogen) atoms. The lowest BCUT2D eigenvalue weighted by Crippen LogP contribution is -2.64. The number of imide groups is 2. The fourth-order valence-corrected chi connectivity index (χ4v) is 11.3. The van der Waals surface area contributed by atoms with Crippen molar-refractivity contribution in [1.29, 1.82) is 0 Å². The normalized spacial score (nSPS) is 34.8. The van der Waals surface area contributed by atoms with Crippen LogP contribution in [0.25, 0.3) is 0 Å². The lowest BCUT2D eigenvalue weighted by molar-refractivity contribution is -0.164. The number of hydrogen-bond donors (Lipinski definition) is 0. The van der Waals surface area contributed by atoms with Crippen LogP contribution in [0.2, 0.25) is 0 Å². The minimum Gasteiger partial charge on any atom is -0.468 e. The van der Waals surface area contributed by atoms with Crippen LogP contribution in [0.1, 0.15) is 34.9 Å². The number of methoxy groups -OCH3 is 1. The van der Waals surface area contributed by atoms with E-state index in [0.717, 1.165) is 16.7 Å². The quantitative estimate of drug-likeness (QED) is 0.234. The predicted octanol–water partition coefficient (Wildman–Crippen LogP) is 4.53. The van der Waals surface area contributed by atoms with E-state index in [1.54, 1.807) is 48.5 Å². The number of carbonyl (C=O) groups is 5. The summed E-state index contributed by atoms with van der Waals surface area (Å²) < 4.78 is 5.61. The van der Waals surface area contributed by atoms with Gasteiger partial charge in [0.2, 0.25) is 23.6 Å². The van der Waals surface area contributed by atoms with Gasteiger partial charge in [-0.1, -0.05) is 91.0 Å². The highest BCUT2D eigenvalue weighted by Crippen LogP contribution is 2.71. The summed E-state index contributed by atoms with van der Waals surface area (Å²) in [7, 11) is 1.26. The van der Waals surface area contributed by atoms with Crippen LogP contribution < -0.4 is 9.80 Å². The monoisotopic (exact) mass is 663 g/mol. The largest absolute Gasteiger partial charge is 0.468 e. The summed E-state index contributed by atoms with van der Waals surface area (Å²) in [4.78, 5) is 78.7. The second-order valence-corrected chi connectivity index (χ2v) is 14.4. The Hall–Kier alpha value is -5.41. The molecule has 4 amide bonds. The molecule has 5 aliphatic heterocycles. The average molecular weight is 664 g/mol. The summed E-state index contributed by atoms with van der Waals surface area (Å²) in [6.45, 7) is 0. The number of carbonyl (C=O) groups excluding carboxylic acids is 5. The van der Waals surface area contributed by atoms with Gasteiger partial charge in [-0.2, -0.15) is 0 Å². The number of rotatable bonds is 4. The molecule has 0 unspecified atom stereocenters. The molecular weight excluding hydrogens is 630 g/mol. The number of para-hydroxylation sites is 2. The summed E-state index contributed by atoms with van der Waals surface area (Å²) in [5.74, 6) is -7.29. The van der Waals surface area contributed by atoms with Gasteiger partial charge in [0.05, 0.1) is 42.2 Å². The van der Waals surface area contributed by atoms with Crippen LogP contribution >= 0.6 is 0 Å². The molecule has 5 heterocycles. The van der Waals surface area contributed by atoms with Gasteiger partial charge in [0.1, 0.15) is 5.54 Å². The van der Waals surface area contributed by atoms with Crippen molar-refractivity contribution >= 4 is 41.0 Å². The average Bonchev–Trinajstić information content (AvgIpc) is 3.89. The topological polar surface area (TPSA) is 104 Å². The Morgan fingerprint density at radius 3 is 1.72 bits per heavy atom. The number of hydrogen-bond acceptors (Lipinski definition) is 7. The van der Waals surface area contributed by atoms with Crippen molar-refractivity contribution < 1.29 is 28.7 Å². The Kier molecular flexibility index (Phi) is 6.08. The molecule has 4 aromatic carbocycles. The third-order valence-electron chi connectivity index (χ3n) is 12.7. The molecule has 1 aliphatic carbocycles. The number of ether oxygens (including phenoxy) is 1. The summed E-state index contributed by atoms with van der Waals surface area (Å²) in [6, 6.07) is 34.8. The predicted molar refractivity (Wildman–Crippen MR) is 182 cm³/mol. The van der Waals surface area contributed by atoms with Crippen LogP contribution in [0.4, 0.5) is 11.4 Å². The second kappa shape index (κ2) is 10.3. The molecule has 0 bridgehead atoms. The van der Waals surface area contributed by atoms with E-state index >= 15 is 4.79 Å². The third-order valence-corrected chi connectivity index (χ3v) is 12.7. The first-order valence-electron chi connectivity index (χ1n) is 17.3. The maximum atomic E-state index is 15.0. The molecule has 248 valence electrons. The van der Waals surface area contributed by atoms with Crippen molar-refractivity contribution in [2.45, 2.75) is 35.9 Å². The van der Waals surface area contributed by atoms with Crippen molar-refractivity contribution in [3.05, 3.63) is 132 Å². The van der Waals surface area contributed by atoms with Crippen molar-refractivity contribution in [2.24, 2.45) is 29.6 Å². The van der Waals surface area contributed by atoms with E-state index in [0.29, 0.717) is 17.8 Å². The highest BCUT2D eigenvalue weighted by Gasteiger charge is 2.86. The zero-order chi connectivity index (χ0) is 34.1. The first-order valence-corrected chi connectivity index (χ1v) is 17.3. The molecule has 0 N–H and O–H groups in total. The maximum absolute atomic E-state index is 15.0. The molecule has 6 aliphatic rings. The molecule has 0 aromatic heterocycles. The molecule has 4 aromatic rings. The number of benzene rings is 4. The van der Waals surface area contributed by atoms with Gasteiger partial charge in [0.25, 0.3) is 0 Å². The number of nitrogens with zero attached hydrogens (tertiary/aromatic N) is 3. The summed E-state index contributed by atoms with van der Waals surface area (Å²) in [5.41, 5.74) is 2.35. The van der Waals surface area contributed by atoms with Gasteiger partial charge in [-0.05, 0) is 59.2 Å². The number of fused-ring (bicyclic) bond motifs is 10. The molecule has 5 saturated heterocycles. The fraction of sp³-hybridized carbons (Fsp3) is 0.293. The van der Waals surface area contributed by atoms with E-state index in [4.69, 9.17) is 4.74 Å². The molecule has 9 nitrogen and oxygen atoms in total. The van der Waals surface area contributed by atoms with Gasteiger partial charge < -0.3 is 4.74 Å². The Labute approximate surface area is 288 Å². The van der Waals surface area contributed by atoms with E-state index in [2.05, 4.69) is 24.3 Å². The van der Waals surface area contributed by atoms with Crippen molar-refractivity contribution in [2.75, 3.05) is 16.9 Å². The minimum absolute atomic E-state index is 0.0853. The summed E-state index contributed by atoms with van der Waals surface area (Å²) in [6.07, 6.45) is 0.493. The second-order valence-electron chi connectivity index (χ2n) is 14.4. The van der Waals surface area contributed by atoms with Crippen LogP contribution in [-0.2, 0) is 28.7 Å². The van der Waals surface area contributed by atoms with E-state index in [9.17, 15) is 19.2 Å². The van der Waals surface area contributed by atoms with Gasteiger partial charge in [-0.3, -0.25) is 24.1 Å². The number of anilines is 2. The molecule has 0 radical (unpaired) electrons. The van der Waals surface area contributed by atoms with Gasteiger partial charge in [0.15, 0.2) is 0 Å². The summed E-state index contributed by atoms with van der Waals surface area (Å²) >= 11 is 0. The third kappa shape index (κ3) is 3.38. The Morgan fingerprint density at radius 2 is 1.14 bits per heavy atom. The lowest BCUT2D eigenvalue weighted by Gasteiger charge is -2.49. The standard InChI is InChI=1S/C41H33N3O6/c1-50-40(49)41-33-31(36(45)42(38(33)47)23-15-7-3-8-16-23)28-21-27-25-19-11-12-20-26(25)29(22-13-5-2-6-14-22)30(27)35(44(28)41)32-34(41)39(48)43(37(32)46)24-17-9-4-10-18-24/h2-20,27-35H,21H2,1H3/t27-,28-,29+,30-,31+,32-,33-,34-,35-,41-/m1/s1. The van der Waals surface area contributed by atoms with Crippen LogP contribution in [0.3, 0.4) is 0 Å². The first kappa shape index (κ1) is 29.5. The van der Waals surface area contributed by atoms with Gasteiger partial charge >= 0.3 is 5.97 Å². The molecule has 5 fully saturated rings. The fourth-order valence-electron chi connectivity index (χ4n) is 11.3. The lowest BCUT2D eigenvalue weighted by atomic mass is 9.64. The van der Waals surface area contributed by atoms with Gasteiger partial charge in [-0.25, -0.2) is 14.6 Å². The van der Waals surface area contributed by atoms with Crippen LogP contribution in [0.5, 0.6) is 0 Å². The van der Waals surface area contributed by atoms with Crippen molar-refractivity contribution in [3.63, 3.8) is 0 Å². The molecule has 9 heteroatoms. The SMILES string of the molecule is COC(=O)[C@]12[C@H]3C(=O)N(c4ccccc4)C(=O)[C@H]3[C@H]3[C@H]4[C@@H](c5ccccc5)c5ccccc5[C@H]4C[C@H]([C@@H]4C(=O)N(c5ccccc5)C(=O)[C@@H]41)N32. The number of piperidine rings is 1. The first-order chi connectivity index (χ1) is 24.4. The smallest absolute Gasteiger partial charge is 0.328 e. The molecule has 10 rings (SSSR count). The highest BCUT2D eigenvalue weighted by molar-refractivity contribution is 6.28. The zero-order valence-electron chi connectivity index (χ0n) is 27.2. The molecule has 0 saturated carbocycles. The van der Waals surface area contributed by atoms with Crippen LogP contribution in [-0.4, -0.2) is 59.2 Å². The van der Waals surface area contributed by atoms with Crippen molar-refractivity contribution in [1.82, 2.24) is 4.90 Å². The van der Waals surface area contributed by atoms with Crippen LogP contribution in [0, 0.1) is 29.6 Å². The molecular formula is C41H33N3O6. The highest BCUT2D eigenvalue weighted by atomic mass is 16.5. The zero-order valence-corrected chi connectivity index (χ0v) is 27.2. The molecule has 10 atom stereocenters. The summed E-state index contributed by atoms with van der Waals surface area (Å²) in [5, 5.41) is 0. The molecule has 0 spiro atoms. The van der Waals surface area contributed by atoms with Gasteiger partial charge in [0, 0.05) is 18.0 Å². The maximum Gasteiger partial charge on any atom is 0.328 e.